The molecule has 39 heavy (non-hydrogen) atoms. The normalized spacial score (nSPS) is 18.5. The Balaban J connectivity index is 1.17. The lowest BCUT2D eigenvalue weighted by atomic mass is 9.87. The number of hydrogen-bond donors (Lipinski definition) is 1. The van der Waals surface area contributed by atoms with Crippen molar-refractivity contribution in [2.75, 3.05) is 31.1 Å². The number of carbonyl (C=O) groups is 1. The molecule has 0 amide bonds. The molecule has 3 heterocycles. The van der Waals surface area contributed by atoms with Crippen LogP contribution in [0, 0.1) is 0 Å². The highest BCUT2D eigenvalue weighted by Crippen LogP contribution is 2.35. The number of nitrogens with zero attached hydrogens (tertiary/aromatic N) is 3. The molecule has 200 valence electrons. The number of halogens is 1. The Kier molecular flexibility index (Phi) is 7.40. The number of piperazine rings is 1. The number of rotatable bonds is 7. The van der Waals surface area contributed by atoms with Crippen LogP contribution in [0.2, 0.25) is 5.02 Å². The molecule has 0 spiro atoms. The molecule has 1 fully saturated rings. The lowest BCUT2D eigenvalue weighted by Crippen LogP contribution is -2.52. The second kappa shape index (κ2) is 11.2. The Morgan fingerprint density at radius 1 is 1.08 bits per heavy atom. The number of ether oxygens (including phenoxy) is 1. The highest BCUT2D eigenvalue weighted by Gasteiger charge is 2.26. The average molecular weight is 541 g/mol. The van der Waals surface area contributed by atoms with E-state index in [0.717, 1.165) is 60.6 Å². The summed E-state index contributed by atoms with van der Waals surface area (Å²) in [7, 11) is 0. The average Bonchev–Trinajstić information content (AvgIpc) is 3.43. The summed E-state index contributed by atoms with van der Waals surface area (Å²) in [4.78, 5) is 24.3. The van der Waals surface area contributed by atoms with Crippen molar-refractivity contribution in [2.24, 2.45) is 0 Å². The smallest absolute Gasteiger partial charge is 0.153 e. The SMILES string of the molecule is C[C@@H]1CN(c2ccc(C=O)c(Oc3cnc4[nH]ccc4c3)c2)CCN1CC1=C(c2ccc(Cl)cc2)CCCC1. The highest BCUT2D eigenvalue weighted by atomic mass is 35.5. The van der Waals surface area contributed by atoms with E-state index in [0.29, 0.717) is 23.1 Å². The van der Waals surface area contributed by atoms with Crippen LogP contribution in [0.4, 0.5) is 5.69 Å². The Morgan fingerprint density at radius 2 is 1.92 bits per heavy atom. The minimum Gasteiger partial charge on any atom is -0.455 e. The van der Waals surface area contributed by atoms with Gasteiger partial charge in [-0.2, -0.15) is 0 Å². The number of nitrogens with one attached hydrogen (secondary N) is 1. The lowest BCUT2D eigenvalue weighted by Gasteiger charge is -2.42. The van der Waals surface area contributed by atoms with Crippen LogP contribution in [0.3, 0.4) is 0 Å². The summed E-state index contributed by atoms with van der Waals surface area (Å²) in [5.74, 6) is 1.16. The third kappa shape index (κ3) is 5.58. The molecule has 1 atom stereocenters. The van der Waals surface area contributed by atoms with Gasteiger partial charge in [0.2, 0.25) is 0 Å². The van der Waals surface area contributed by atoms with Crippen molar-refractivity contribution in [3.63, 3.8) is 0 Å². The number of H-pyrrole nitrogens is 1. The van der Waals surface area contributed by atoms with Gasteiger partial charge >= 0.3 is 0 Å². The fourth-order valence-corrected chi connectivity index (χ4v) is 5.99. The maximum Gasteiger partial charge on any atom is 0.153 e. The molecule has 1 aliphatic heterocycles. The van der Waals surface area contributed by atoms with Crippen molar-refractivity contribution in [1.29, 1.82) is 0 Å². The van der Waals surface area contributed by atoms with E-state index in [-0.39, 0.29) is 0 Å². The maximum atomic E-state index is 11.8. The second-order valence-electron chi connectivity index (χ2n) is 10.6. The first-order chi connectivity index (χ1) is 19.1. The van der Waals surface area contributed by atoms with Crippen LogP contribution in [0.25, 0.3) is 16.6 Å². The van der Waals surface area contributed by atoms with Gasteiger partial charge in [0.1, 0.15) is 17.1 Å². The van der Waals surface area contributed by atoms with Crippen molar-refractivity contribution >= 4 is 40.2 Å². The Bertz CT molecular complexity index is 1510. The molecule has 0 bridgehead atoms. The summed E-state index contributed by atoms with van der Waals surface area (Å²) in [6.45, 7) is 6.15. The molecule has 0 radical (unpaired) electrons. The topological polar surface area (TPSA) is 61.5 Å². The summed E-state index contributed by atoms with van der Waals surface area (Å²) < 4.78 is 6.16. The van der Waals surface area contributed by atoms with E-state index < -0.39 is 0 Å². The number of aldehydes is 1. The summed E-state index contributed by atoms with van der Waals surface area (Å²) in [5.41, 5.74) is 6.79. The number of benzene rings is 2. The third-order valence-electron chi connectivity index (χ3n) is 8.03. The van der Waals surface area contributed by atoms with Crippen LogP contribution in [0.5, 0.6) is 11.5 Å². The zero-order valence-corrected chi connectivity index (χ0v) is 23.0. The molecule has 2 aromatic heterocycles. The fraction of sp³-hybridized carbons (Fsp3) is 0.312. The van der Waals surface area contributed by atoms with Crippen molar-refractivity contribution < 1.29 is 9.53 Å². The van der Waals surface area contributed by atoms with Crippen molar-refractivity contribution in [3.8, 4) is 11.5 Å². The number of anilines is 1. The zero-order chi connectivity index (χ0) is 26.8. The van der Waals surface area contributed by atoms with Crippen molar-refractivity contribution in [2.45, 2.75) is 38.6 Å². The van der Waals surface area contributed by atoms with Gasteiger partial charge in [0.25, 0.3) is 0 Å². The standard InChI is InChI=1S/C32H33ClN4O2/c1-22-19-37(15-14-36(22)20-25-4-2-3-5-30(25)23-6-9-27(33)10-7-23)28-11-8-26(21-38)31(17-28)39-29-16-24-12-13-34-32(24)35-18-29/h6-13,16-18,21-22H,2-5,14-15,19-20H2,1H3,(H,34,35)/t22-/m1/s1. The number of fused-ring (bicyclic) bond motifs is 1. The van der Waals surface area contributed by atoms with Crippen LogP contribution < -0.4 is 9.64 Å². The first-order valence-corrected chi connectivity index (χ1v) is 14.1. The van der Waals surface area contributed by atoms with E-state index in [2.05, 4.69) is 38.8 Å². The van der Waals surface area contributed by atoms with Crippen molar-refractivity contribution in [1.82, 2.24) is 14.9 Å². The largest absolute Gasteiger partial charge is 0.455 e. The molecule has 1 saturated heterocycles. The van der Waals surface area contributed by atoms with Gasteiger partial charge in [0.05, 0.1) is 11.8 Å². The summed E-state index contributed by atoms with van der Waals surface area (Å²) in [5, 5.41) is 1.75. The molecule has 1 N–H and O–H groups in total. The van der Waals surface area contributed by atoms with Gasteiger partial charge in [-0.15, -0.1) is 0 Å². The van der Waals surface area contributed by atoms with Gasteiger partial charge in [0, 0.05) is 60.6 Å². The summed E-state index contributed by atoms with van der Waals surface area (Å²) >= 11 is 6.15. The minimum atomic E-state index is 0.398. The predicted molar refractivity (Wildman–Crippen MR) is 158 cm³/mol. The number of aromatic amines is 1. The Labute approximate surface area is 234 Å². The highest BCUT2D eigenvalue weighted by molar-refractivity contribution is 6.30. The van der Waals surface area contributed by atoms with E-state index in [1.165, 1.54) is 30.4 Å². The molecular weight excluding hydrogens is 508 g/mol. The van der Waals surface area contributed by atoms with Crippen LogP contribution in [-0.4, -0.2) is 53.4 Å². The summed E-state index contributed by atoms with van der Waals surface area (Å²) in [6.07, 6.45) is 9.20. The van der Waals surface area contributed by atoms with Gasteiger partial charge in [-0.3, -0.25) is 9.69 Å². The fourth-order valence-electron chi connectivity index (χ4n) is 5.86. The van der Waals surface area contributed by atoms with Crippen molar-refractivity contribution in [3.05, 3.63) is 88.7 Å². The number of pyridine rings is 1. The van der Waals surface area contributed by atoms with Gasteiger partial charge in [-0.05, 0) is 80.1 Å². The molecule has 2 aromatic carbocycles. The predicted octanol–water partition coefficient (Wildman–Crippen LogP) is 7.36. The molecule has 0 unspecified atom stereocenters. The maximum absolute atomic E-state index is 11.8. The molecule has 0 saturated carbocycles. The third-order valence-corrected chi connectivity index (χ3v) is 8.28. The number of allylic oxidation sites excluding steroid dienone is 1. The van der Waals surface area contributed by atoms with Crippen LogP contribution >= 0.6 is 11.6 Å². The minimum absolute atomic E-state index is 0.398. The molecule has 2 aliphatic rings. The van der Waals surface area contributed by atoms with E-state index >= 15 is 0 Å². The van der Waals surface area contributed by atoms with Crippen LogP contribution in [-0.2, 0) is 0 Å². The molecule has 7 heteroatoms. The van der Waals surface area contributed by atoms with Crippen LogP contribution in [0.1, 0.15) is 48.5 Å². The lowest BCUT2D eigenvalue weighted by molar-refractivity contribution is 0.112. The van der Waals surface area contributed by atoms with Crippen LogP contribution in [0.15, 0.2) is 72.6 Å². The molecule has 6 rings (SSSR count). The zero-order valence-electron chi connectivity index (χ0n) is 22.2. The number of carbonyl (C=O) groups excluding carboxylic acids is 1. The van der Waals surface area contributed by atoms with Gasteiger partial charge in [-0.1, -0.05) is 29.3 Å². The quantitative estimate of drug-likeness (QED) is 0.248. The van der Waals surface area contributed by atoms with Gasteiger partial charge in [-0.25, -0.2) is 4.98 Å². The Morgan fingerprint density at radius 3 is 2.74 bits per heavy atom. The van der Waals surface area contributed by atoms with E-state index in [1.807, 2.05) is 48.7 Å². The second-order valence-corrected chi connectivity index (χ2v) is 11.0. The molecule has 1 aliphatic carbocycles. The molecule has 6 nitrogen and oxygen atoms in total. The first kappa shape index (κ1) is 25.7. The summed E-state index contributed by atoms with van der Waals surface area (Å²) in [6, 6.07) is 18.5. The number of hydrogen-bond acceptors (Lipinski definition) is 5. The number of aromatic nitrogens is 2. The van der Waals surface area contributed by atoms with E-state index in [1.54, 1.807) is 11.8 Å². The molecular formula is C32H33ClN4O2. The van der Waals surface area contributed by atoms with E-state index in [4.69, 9.17) is 16.3 Å². The van der Waals surface area contributed by atoms with Gasteiger partial charge < -0.3 is 14.6 Å². The molecule has 4 aromatic rings. The monoisotopic (exact) mass is 540 g/mol. The van der Waals surface area contributed by atoms with E-state index in [9.17, 15) is 4.79 Å². The Hall–Kier alpha value is -3.61. The van der Waals surface area contributed by atoms with Gasteiger partial charge in [0.15, 0.2) is 6.29 Å². The first-order valence-electron chi connectivity index (χ1n) is 13.7.